The second-order valence-corrected chi connectivity index (χ2v) is 7.35. The van der Waals surface area contributed by atoms with Crippen molar-refractivity contribution in [1.82, 2.24) is 25.0 Å². The third-order valence-corrected chi connectivity index (χ3v) is 5.82. The summed E-state index contributed by atoms with van der Waals surface area (Å²) < 4.78 is 2.43. The normalized spacial score (nSPS) is 25.3. The third kappa shape index (κ3) is 3.06. The van der Waals surface area contributed by atoms with Crippen LogP contribution in [0.3, 0.4) is 0 Å². The first kappa shape index (κ1) is 14.6. The number of aryl methyl sites for hydroxylation is 1. The number of rotatable bonds is 3. The van der Waals surface area contributed by atoms with E-state index in [4.69, 9.17) is 0 Å². The predicted octanol–water partition coefficient (Wildman–Crippen LogP) is 1.79. The number of likely N-dealkylation sites (tertiary alicyclic amines) is 1. The SMILES string of the molecule is C1CCn2c(nnc2C2CCN(CC3CCNCC3)CC2)C1. The Morgan fingerprint density at radius 2 is 1.77 bits per heavy atom. The van der Waals surface area contributed by atoms with Crippen molar-refractivity contribution in [3.05, 3.63) is 11.6 Å². The Kier molecular flexibility index (Phi) is 4.44. The summed E-state index contributed by atoms with van der Waals surface area (Å²) in [5.74, 6) is 4.08. The average Bonchev–Trinajstić information content (AvgIpc) is 3.01. The molecular formula is C17H29N5. The molecule has 3 aliphatic heterocycles. The lowest BCUT2D eigenvalue weighted by Crippen LogP contribution is -2.40. The van der Waals surface area contributed by atoms with Crippen LogP contribution in [-0.4, -0.2) is 52.4 Å². The zero-order chi connectivity index (χ0) is 14.8. The van der Waals surface area contributed by atoms with Crippen LogP contribution in [-0.2, 0) is 13.0 Å². The van der Waals surface area contributed by atoms with Gasteiger partial charge in [-0.1, -0.05) is 0 Å². The fourth-order valence-corrected chi connectivity index (χ4v) is 4.44. The van der Waals surface area contributed by atoms with Crippen molar-refractivity contribution in [3.63, 3.8) is 0 Å². The molecule has 2 saturated heterocycles. The van der Waals surface area contributed by atoms with Crippen LogP contribution in [0.2, 0.25) is 0 Å². The van der Waals surface area contributed by atoms with Gasteiger partial charge in [-0.05, 0) is 70.6 Å². The number of fused-ring (bicyclic) bond motifs is 1. The summed E-state index contributed by atoms with van der Waals surface area (Å²) in [4.78, 5) is 2.69. The zero-order valence-electron chi connectivity index (χ0n) is 13.6. The summed E-state index contributed by atoms with van der Waals surface area (Å²) in [6.07, 6.45) is 8.96. The first-order chi connectivity index (χ1) is 10.9. The number of aromatic nitrogens is 3. The number of nitrogens with zero attached hydrogens (tertiary/aromatic N) is 4. The second kappa shape index (κ2) is 6.67. The molecule has 2 fully saturated rings. The van der Waals surface area contributed by atoms with Gasteiger partial charge in [0.1, 0.15) is 11.6 Å². The molecule has 0 aromatic carbocycles. The average molecular weight is 303 g/mol. The van der Waals surface area contributed by atoms with Gasteiger partial charge in [0.2, 0.25) is 0 Å². The molecule has 22 heavy (non-hydrogen) atoms. The van der Waals surface area contributed by atoms with Gasteiger partial charge in [0.15, 0.2) is 0 Å². The minimum atomic E-state index is 0.642. The van der Waals surface area contributed by atoms with Crippen molar-refractivity contribution < 1.29 is 0 Å². The highest BCUT2D eigenvalue weighted by Crippen LogP contribution is 2.29. The largest absolute Gasteiger partial charge is 0.317 e. The van der Waals surface area contributed by atoms with Crippen LogP contribution < -0.4 is 5.32 Å². The number of nitrogens with one attached hydrogen (secondary N) is 1. The molecule has 4 rings (SSSR count). The molecule has 5 heteroatoms. The van der Waals surface area contributed by atoms with E-state index in [-0.39, 0.29) is 0 Å². The van der Waals surface area contributed by atoms with Gasteiger partial charge in [-0.2, -0.15) is 0 Å². The Morgan fingerprint density at radius 1 is 0.955 bits per heavy atom. The van der Waals surface area contributed by atoms with E-state index >= 15 is 0 Å². The molecule has 0 aliphatic carbocycles. The van der Waals surface area contributed by atoms with Gasteiger partial charge in [0, 0.05) is 25.4 Å². The maximum Gasteiger partial charge on any atom is 0.136 e. The van der Waals surface area contributed by atoms with Crippen LogP contribution >= 0.6 is 0 Å². The lowest BCUT2D eigenvalue weighted by Gasteiger charge is -2.35. The highest BCUT2D eigenvalue weighted by molar-refractivity contribution is 5.05. The van der Waals surface area contributed by atoms with E-state index in [0.29, 0.717) is 5.92 Å². The van der Waals surface area contributed by atoms with E-state index in [1.165, 1.54) is 82.9 Å². The van der Waals surface area contributed by atoms with E-state index in [0.717, 1.165) is 18.9 Å². The van der Waals surface area contributed by atoms with Gasteiger partial charge < -0.3 is 14.8 Å². The van der Waals surface area contributed by atoms with Crippen molar-refractivity contribution in [3.8, 4) is 0 Å². The Labute approximate surface area is 133 Å². The van der Waals surface area contributed by atoms with Crippen LogP contribution in [0.4, 0.5) is 0 Å². The molecule has 1 aromatic heterocycles. The Bertz CT molecular complexity index is 483. The minimum absolute atomic E-state index is 0.642. The lowest BCUT2D eigenvalue weighted by molar-refractivity contribution is 0.164. The summed E-state index contributed by atoms with van der Waals surface area (Å²) in [7, 11) is 0. The molecule has 0 radical (unpaired) electrons. The molecule has 3 aliphatic rings. The monoisotopic (exact) mass is 303 g/mol. The smallest absolute Gasteiger partial charge is 0.136 e. The van der Waals surface area contributed by atoms with Crippen molar-refractivity contribution >= 4 is 0 Å². The molecule has 0 bridgehead atoms. The molecule has 4 heterocycles. The Hall–Kier alpha value is -0.940. The summed E-state index contributed by atoms with van der Waals surface area (Å²) in [6.45, 7) is 7.38. The molecule has 0 spiro atoms. The van der Waals surface area contributed by atoms with Gasteiger partial charge in [-0.15, -0.1) is 10.2 Å². The molecule has 122 valence electrons. The first-order valence-electron chi connectivity index (χ1n) is 9.25. The standard InChI is InChI=1S/C17H29N5/c1-2-10-22-16(3-1)19-20-17(22)15-6-11-21(12-7-15)13-14-4-8-18-9-5-14/h14-15,18H,1-13H2. The lowest BCUT2D eigenvalue weighted by atomic mass is 9.92. The van der Waals surface area contributed by atoms with Crippen LogP contribution in [0, 0.1) is 5.92 Å². The van der Waals surface area contributed by atoms with Crippen LogP contribution in [0.25, 0.3) is 0 Å². The number of piperidine rings is 2. The molecule has 0 saturated carbocycles. The molecule has 5 nitrogen and oxygen atoms in total. The van der Waals surface area contributed by atoms with Crippen molar-refractivity contribution in [1.29, 1.82) is 0 Å². The first-order valence-corrected chi connectivity index (χ1v) is 9.25. The fraction of sp³-hybridized carbons (Fsp3) is 0.882. The van der Waals surface area contributed by atoms with Gasteiger partial charge in [0.25, 0.3) is 0 Å². The van der Waals surface area contributed by atoms with Crippen LogP contribution in [0.1, 0.15) is 56.1 Å². The van der Waals surface area contributed by atoms with E-state index in [9.17, 15) is 0 Å². The summed E-state index contributed by atoms with van der Waals surface area (Å²) in [5, 5.41) is 12.5. The van der Waals surface area contributed by atoms with Crippen LogP contribution in [0.15, 0.2) is 0 Å². The van der Waals surface area contributed by atoms with Crippen molar-refractivity contribution in [2.24, 2.45) is 5.92 Å². The summed E-state index contributed by atoms with van der Waals surface area (Å²) in [6, 6.07) is 0. The zero-order valence-corrected chi connectivity index (χ0v) is 13.6. The molecular weight excluding hydrogens is 274 g/mol. The van der Waals surface area contributed by atoms with Gasteiger partial charge in [-0.25, -0.2) is 0 Å². The summed E-state index contributed by atoms with van der Waals surface area (Å²) in [5.41, 5.74) is 0. The highest BCUT2D eigenvalue weighted by atomic mass is 15.3. The number of hydrogen-bond donors (Lipinski definition) is 1. The van der Waals surface area contributed by atoms with E-state index in [1.807, 2.05) is 0 Å². The second-order valence-electron chi connectivity index (χ2n) is 7.35. The van der Waals surface area contributed by atoms with Gasteiger partial charge >= 0.3 is 0 Å². The van der Waals surface area contributed by atoms with Crippen LogP contribution in [0.5, 0.6) is 0 Å². The molecule has 0 amide bonds. The molecule has 0 unspecified atom stereocenters. The maximum atomic E-state index is 4.55. The van der Waals surface area contributed by atoms with E-state index in [1.54, 1.807) is 0 Å². The fourth-order valence-electron chi connectivity index (χ4n) is 4.44. The Morgan fingerprint density at radius 3 is 2.59 bits per heavy atom. The molecule has 0 atom stereocenters. The minimum Gasteiger partial charge on any atom is -0.317 e. The Balaban J connectivity index is 1.32. The maximum absolute atomic E-state index is 4.55. The van der Waals surface area contributed by atoms with Crippen molar-refractivity contribution in [2.75, 3.05) is 32.7 Å². The quantitative estimate of drug-likeness (QED) is 0.925. The molecule has 1 N–H and O–H groups in total. The third-order valence-electron chi connectivity index (χ3n) is 5.82. The highest BCUT2D eigenvalue weighted by Gasteiger charge is 2.28. The number of hydrogen-bond acceptors (Lipinski definition) is 4. The van der Waals surface area contributed by atoms with Gasteiger partial charge in [0.05, 0.1) is 0 Å². The molecule has 1 aromatic rings. The van der Waals surface area contributed by atoms with E-state index < -0.39 is 0 Å². The predicted molar refractivity (Wildman–Crippen MR) is 87.0 cm³/mol. The topological polar surface area (TPSA) is 46.0 Å². The summed E-state index contributed by atoms with van der Waals surface area (Å²) >= 11 is 0. The van der Waals surface area contributed by atoms with E-state index in [2.05, 4.69) is 25.0 Å². The van der Waals surface area contributed by atoms with Crippen molar-refractivity contribution in [2.45, 2.75) is 57.4 Å². The van der Waals surface area contributed by atoms with Gasteiger partial charge in [-0.3, -0.25) is 0 Å².